The Labute approximate surface area is 306 Å². The first-order valence-corrected chi connectivity index (χ1v) is 18.2. The van der Waals surface area contributed by atoms with Gasteiger partial charge in [0.25, 0.3) is 0 Å². The molecule has 11 aromatic rings. The number of hydrogen-bond acceptors (Lipinski definition) is 1. The molecule has 0 amide bonds. The number of rotatable bonds is 4. The van der Waals surface area contributed by atoms with Crippen LogP contribution in [0.15, 0.2) is 194 Å². The molecule has 11 rings (SSSR count). The van der Waals surface area contributed by atoms with E-state index < -0.39 is 0 Å². The molecule has 0 bridgehead atoms. The second-order valence-corrected chi connectivity index (χ2v) is 13.9. The summed E-state index contributed by atoms with van der Waals surface area (Å²) in [6.07, 6.45) is 0. The number of pyridine rings is 1. The van der Waals surface area contributed by atoms with E-state index in [0.29, 0.717) is 0 Å². The van der Waals surface area contributed by atoms with Crippen molar-refractivity contribution in [2.75, 3.05) is 0 Å². The third-order valence-corrected chi connectivity index (χ3v) is 10.9. The molecule has 0 saturated carbocycles. The lowest BCUT2D eigenvalue weighted by molar-refractivity contribution is 1.19. The topological polar surface area (TPSA) is 17.8 Å². The van der Waals surface area contributed by atoms with Crippen LogP contribution >= 0.6 is 0 Å². The SMILES string of the molecule is c1ccc(-c2cc(-c3ccc(-n4c5ccccc5c5c6c7ccccc7ccc6c6ccccc6c54)cc3)nc(-c3cccc4ccccc34)c2)cc1. The lowest BCUT2D eigenvalue weighted by atomic mass is 9.93. The van der Waals surface area contributed by atoms with Crippen molar-refractivity contribution in [2.24, 2.45) is 0 Å². The van der Waals surface area contributed by atoms with Gasteiger partial charge in [0, 0.05) is 38.4 Å². The third-order valence-electron chi connectivity index (χ3n) is 10.9. The Morgan fingerprint density at radius 1 is 0.340 bits per heavy atom. The molecule has 246 valence electrons. The zero-order valence-electron chi connectivity index (χ0n) is 28.9. The summed E-state index contributed by atoms with van der Waals surface area (Å²) in [6.45, 7) is 0. The highest BCUT2D eigenvalue weighted by Crippen LogP contribution is 2.45. The summed E-state index contributed by atoms with van der Waals surface area (Å²) in [5.41, 5.74) is 10.0. The maximum atomic E-state index is 5.34. The number of fused-ring (bicyclic) bond motifs is 11. The zero-order valence-corrected chi connectivity index (χ0v) is 28.9. The van der Waals surface area contributed by atoms with Gasteiger partial charge >= 0.3 is 0 Å². The second-order valence-electron chi connectivity index (χ2n) is 13.9. The fourth-order valence-corrected chi connectivity index (χ4v) is 8.55. The van der Waals surface area contributed by atoms with E-state index in [1.807, 2.05) is 0 Å². The van der Waals surface area contributed by atoms with Gasteiger partial charge in [-0.15, -0.1) is 0 Å². The lowest BCUT2D eigenvalue weighted by Crippen LogP contribution is -1.96. The van der Waals surface area contributed by atoms with E-state index >= 15 is 0 Å². The van der Waals surface area contributed by atoms with Crippen LogP contribution in [0.4, 0.5) is 0 Å². The Morgan fingerprint density at radius 2 is 0.962 bits per heavy atom. The molecule has 0 aliphatic carbocycles. The molecule has 0 aliphatic rings. The molecule has 9 aromatic carbocycles. The molecule has 0 unspecified atom stereocenters. The van der Waals surface area contributed by atoms with E-state index in [0.717, 1.165) is 33.8 Å². The van der Waals surface area contributed by atoms with Crippen molar-refractivity contribution in [1.29, 1.82) is 0 Å². The van der Waals surface area contributed by atoms with Gasteiger partial charge in [-0.3, -0.25) is 0 Å². The minimum Gasteiger partial charge on any atom is -0.309 e. The van der Waals surface area contributed by atoms with Gasteiger partial charge in [0.05, 0.1) is 22.4 Å². The highest BCUT2D eigenvalue weighted by Gasteiger charge is 2.20. The normalized spacial score (nSPS) is 11.8. The predicted molar refractivity (Wildman–Crippen MR) is 225 cm³/mol. The summed E-state index contributed by atoms with van der Waals surface area (Å²) < 4.78 is 2.47. The van der Waals surface area contributed by atoms with Gasteiger partial charge in [0.15, 0.2) is 0 Å². The zero-order chi connectivity index (χ0) is 34.9. The molecule has 2 aromatic heterocycles. The number of para-hydroxylation sites is 1. The molecule has 0 fully saturated rings. The molecule has 2 heterocycles. The standard InChI is InChI=1S/C51H32N2/c1-2-13-33(14-3-1)37-31-46(52-47(32-37)42-23-12-17-34-15-4-6-18-39(34)42)36-25-28-38(29-26-36)53-48-24-11-10-22-45(48)50-49-40-19-7-5-16-35(40)27-30-43(49)41-20-8-9-21-44(41)51(50)53/h1-32H. The third kappa shape index (κ3) is 4.63. The molecule has 0 N–H and O–H groups in total. The molecule has 0 spiro atoms. The number of hydrogen-bond donors (Lipinski definition) is 0. The van der Waals surface area contributed by atoms with Gasteiger partial charge in [-0.05, 0) is 73.8 Å². The number of aromatic nitrogens is 2. The first kappa shape index (κ1) is 29.7. The van der Waals surface area contributed by atoms with Crippen molar-refractivity contribution in [3.8, 4) is 39.3 Å². The monoisotopic (exact) mass is 672 g/mol. The average molecular weight is 673 g/mol. The van der Waals surface area contributed by atoms with Gasteiger partial charge in [0.2, 0.25) is 0 Å². The molecular formula is C51H32N2. The summed E-state index contributed by atoms with van der Waals surface area (Å²) in [4.78, 5) is 5.34. The summed E-state index contributed by atoms with van der Waals surface area (Å²) >= 11 is 0. The maximum Gasteiger partial charge on any atom is 0.0721 e. The minimum atomic E-state index is 0.950. The van der Waals surface area contributed by atoms with Crippen molar-refractivity contribution >= 4 is 64.9 Å². The summed E-state index contributed by atoms with van der Waals surface area (Å²) in [6, 6.07) is 70.2. The molecule has 0 radical (unpaired) electrons. The van der Waals surface area contributed by atoms with Crippen LogP contribution in [-0.4, -0.2) is 9.55 Å². The van der Waals surface area contributed by atoms with E-state index in [1.54, 1.807) is 0 Å². The Morgan fingerprint density at radius 3 is 1.77 bits per heavy atom. The van der Waals surface area contributed by atoms with Crippen LogP contribution < -0.4 is 0 Å². The molecule has 2 heteroatoms. The molecular weight excluding hydrogens is 641 g/mol. The molecule has 0 saturated heterocycles. The minimum absolute atomic E-state index is 0.950. The van der Waals surface area contributed by atoms with Gasteiger partial charge in [0.1, 0.15) is 0 Å². The van der Waals surface area contributed by atoms with Crippen LogP contribution in [0.2, 0.25) is 0 Å². The van der Waals surface area contributed by atoms with E-state index in [4.69, 9.17) is 4.98 Å². The first-order chi connectivity index (χ1) is 26.3. The second kappa shape index (κ2) is 11.8. The van der Waals surface area contributed by atoms with Gasteiger partial charge in [-0.25, -0.2) is 4.98 Å². The van der Waals surface area contributed by atoms with E-state index in [-0.39, 0.29) is 0 Å². The van der Waals surface area contributed by atoms with Gasteiger partial charge in [-0.1, -0.05) is 164 Å². The molecule has 53 heavy (non-hydrogen) atoms. The van der Waals surface area contributed by atoms with E-state index in [1.165, 1.54) is 70.5 Å². The fraction of sp³-hybridized carbons (Fsp3) is 0. The molecule has 0 atom stereocenters. The van der Waals surface area contributed by atoms with Crippen LogP contribution in [0.3, 0.4) is 0 Å². The maximum absolute atomic E-state index is 5.34. The lowest BCUT2D eigenvalue weighted by Gasteiger charge is -2.15. The Balaban J connectivity index is 1.15. The highest BCUT2D eigenvalue weighted by atomic mass is 15.0. The average Bonchev–Trinajstić information content (AvgIpc) is 3.59. The van der Waals surface area contributed by atoms with Gasteiger partial charge < -0.3 is 4.57 Å². The van der Waals surface area contributed by atoms with Crippen LogP contribution in [0.1, 0.15) is 0 Å². The van der Waals surface area contributed by atoms with Crippen LogP contribution in [0, 0.1) is 0 Å². The van der Waals surface area contributed by atoms with Gasteiger partial charge in [-0.2, -0.15) is 0 Å². The summed E-state index contributed by atoms with van der Waals surface area (Å²) in [5.74, 6) is 0. The smallest absolute Gasteiger partial charge is 0.0721 e. The quantitative estimate of drug-likeness (QED) is 0.170. The number of nitrogens with zero attached hydrogens (tertiary/aromatic N) is 2. The van der Waals surface area contributed by atoms with Crippen LogP contribution in [0.25, 0.3) is 104 Å². The van der Waals surface area contributed by atoms with Crippen molar-refractivity contribution in [1.82, 2.24) is 9.55 Å². The Bertz CT molecular complexity index is 3200. The fourth-order valence-electron chi connectivity index (χ4n) is 8.55. The van der Waals surface area contributed by atoms with Crippen LogP contribution in [-0.2, 0) is 0 Å². The van der Waals surface area contributed by atoms with E-state index in [9.17, 15) is 0 Å². The molecule has 0 aliphatic heterocycles. The van der Waals surface area contributed by atoms with Crippen LogP contribution in [0.5, 0.6) is 0 Å². The first-order valence-electron chi connectivity index (χ1n) is 18.2. The predicted octanol–water partition coefficient (Wildman–Crippen LogP) is 13.8. The van der Waals surface area contributed by atoms with Crippen molar-refractivity contribution < 1.29 is 0 Å². The Kier molecular flexibility index (Phi) is 6.59. The van der Waals surface area contributed by atoms with E-state index in [2.05, 4.69) is 199 Å². The Hall–Kier alpha value is -7.03. The largest absolute Gasteiger partial charge is 0.309 e. The summed E-state index contributed by atoms with van der Waals surface area (Å²) in [5, 5.41) is 12.6. The molecule has 2 nitrogen and oxygen atoms in total. The van der Waals surface area contributed by atoms with Crippen molar-refractivity contribution in [3.63, 3.8) is 0 Å². The summed E-state index contributed by atoms with van der Waals surface area (Å²) in [7, 11) is 0. The van der Waals surface area contributed by atoms with Crippen molar-refractivity contribution in [2.45, 2.75) is 0 Å². The van der Waals surface area contributed by atoms with Crippen molar-refractivity contribution in [3.05, 3.63) is 194 Å². The highest BCUT2D eigenvalue weighted by molar-refractivity contribution is 6.36. The number of benzene rings is 9.